The van der Waals surface area contributed by atoms with Gasteiger partial charge in [-0.3, -0.25) is 4.57 Å². The van der Waals surface area contributed by atoms with Crippen molar-refractivity contribution in [1.29, 1.82) is 0 Å². The number of benzene rings is 2. The number of nitrogens with zero attached hydrogens (tertiary/aromatic N) is 3. The van der Waals surface area contributed by atoms with Crippen LogP contribution in [0.2, 0.25) is 0 Å². The van der Waals surface area contributed by atoms with Crippen LogP contribution >= 0.6 is 0 Å². The number of rotatable bonds is 4. The molecule has 1 aliphatic heterocycles. The second-order valence-corrected chi connectivity index (χ2v) is 9.10. The minimum atomic E-state index is 0.384. The highest BCUT2D eigenvalue weighted by Gasteiger charge is 2.34. The van der Waals surface area contributed by atoms with Crippen LogP contribution in [0.25, 0.3) is 34.2 Å². The molecule has 0 N–H and O–H groups in total. The molecule has 0 bridgehead atoms. The molecule has 0 saturated heterocycles. The molecule has 162 valence electrons. The quantitative estimate of drug-likeness (QED) is 0.280. The van der Waals surface area contributed by atoms with Crippen LogP contribution in [0.5, 0.6) is 0 Å². The SMILES string of the molecule is CC(C)c1cc(-c2ccccc2)n(C2=CC=CCC=C2)c1-n1cc[n+]2c1-c1ccccc1C2. The molecule has 0 amide bonds. The van der Waals surface area contributed by atoms with Crippen LogP contribution < -0.4 is 4.57 Å². The first-order chi connectivity index (χ1) is 16.2. The molecule has 33 heavy (non-hydrogen) atoms. The van der Waals surface area contributed by atoms with E-state index in [9.17, 15) is 0 Å². The van der Waals surface area contributed by atoms with E-state index in [1.807, 2.05) is 0 Å². The molecule has 3 nitrogen and oxygen atoms in total. The maximum atomic E-state index is 2.44. The molecule has 0 fully saturated rings. The Morgan fingerprint density at radius 3 is 2.61 bits per heavy atom. The van der Waals surface area contributed by atoms with Gasteiger partial charge in [0.1, 0.15) is 18.9 Å². The molecule has 0 atom stereocenters. The summed E-state index contributed by atoms with van der Waals surface area (Å²) in [5.41, 5.74) is 7.68. The van der Waals surface area contributed by atoms with Crippen molar-refractivity contribution in [3.63, 3.8) is 0 Å². The van der Waals surface area contributed by atoms with Crippen LogP contribution in [0, 0.1) is 0 Å². The number of imidazole rings is 1. The minimum absolute atomic E-state index is 0.384. The molecular formula is C30H28N3+. The number of fused-ring (bicyclic) bond motifs is 3. The monoisotopic (exact) mass is 430 g/mol. The summed E-state index contributed by atoms with van der Waals surface area (Å²) in [5.74, 6) is 2.86. The van der Waals surface area contributed by atoms with Gasteiger partial charge in [-0.05, 0) is 42.2 Å². The Balaban J connectivity index is 1.68. The van der Waals surface area contributed by atoms with Gasteiger partial charge in [0.25, 0.3) is 5.82 Å². The maximum absolute atomic E-state index is 2.44. The van der Waals surface area contributed by atoms with Crippen molar-refractivity contribution in [2.75, 3.05) is 0 Å². The Morgan fingerprint density at radius 2 is 1.76 bits per heavy atom. The van der Waals surface area contributed by atoms with Crippen LogP contribution in [-0.4, -0.2) is 9.13 Å². The Kier molecular flexibility index (Phi) is 4.76. The van der Waals surface area contributed by atoms with Crippen molar-refractivity contribution < 1.29 is 4.57 Å². The summed E-state index contributed by atoms with van der Waals surface area (Å²) in [6.45, 7) is 5.51. The van der Waals surface area contributed by atoms with Crippen molar-refractivity contribution in [1.82, 2.24) is 9.13 Å². The van der Waals surface area contributed by atoms with Gasteiger partial charge in [-0.15, -0.1) is 0 Å². The van der Waals surface area contributed by atoms with Crippen LogP contribution in [0.4, 0.5) is 0 Å². The number of aromatic nitrogens is 3. The van der Waals surface area contributed by atoms with E-state index in [0.29, 0.717) is 5.92 Å². The predicted molar refractivity (Wildman–Crippen MR) is 135 cm³/mol. The second kappa shape index (κ2) is 7.93. The summed E-state index contributed by atoms with van der Waals surface area (Å²) >= 11 is 0. The summed E-state index contributed by atoms with van der Waals surface area (Å²) in [7, 11) is 0. The van der Waals surface area contributed by atoms with E-state index in [2.05, 4.69) is 131 Å². The van der Waals surface area contributed by atoms with Crippen LogP contribution in [-0.2, 0) is 6.54 Å². The van der Waals surface area contributed by atoms with Crippen molar-refractivity contribution in [3.05, 3.63) is 115 Å². The van der Waals surface area contributed by atoms with Gasteiger partial charge in [0.05, 0.1) is 11.3 Å². The Labute approximate surface area is 195 Å². The summed E-state index contributed by atoms with van der Waals surface area (Å²) < 4.78 is 7.21. The maximum Gasteiger partial charge on any atom is 0.296 e. The molecule has 2 aliphatic rings. The average molecular weight is 431 g/mol. The third kappa shape index (κ3) is 3.23. The molecule has 0 unspecified atom stereocenters. The van der Waals surface area contributed by atoms with E-state index >= 15 is 0 Å². The molecular weight excluding hydrogens is 402 g/mol. The van der Waals surface area contributed by atoms with Gasteiger partial charge in [-0.1, -0.05) is 80.6 Å². The lowest BCUT2D eigenvalue weighted by molar-refractivity contribution is -0.671. The van der Waals surface area contributed by atoms with Crippen molar-refractivity contribution in [3.8, 4) is 28.5 Å². The lowest BCUT2D eigenvalue weighted by atomic mass is 10.0. The zero-order chi connectivity index (χ0) is 22.4. The molecule has 0 saturated carbocycles. The molecule has 6 rings (SSSR count). The van der Waals surface area contributed by atoms with Gasteiger partial charge in [-0.2, -0.15) is 4.57 Å². The lowest BCUT2D eigenvalue weighted by Crippen LogP contribution is -2.30. The Morgan fingerprint density at radius 1 is 0.939 bits per heavy atom. The zero-order valence-corrected chi connectivity index (χ0v) is 19.1. The minimum Gasteiger partial charge on any atom is -0.277 e. The second-order valence-electron chi connectivity index (χ2n) is 9.10. The summed E-state index contributed by atoms with van der Waals surface area (Å²) in [6, 6.07) is 21.9. The smallest absolute Gasteiger partial charge is 0.277 e. The summed E-state index contributed by atoms with van der Waals surface area (Å²) in [4.78, 5) is 0. The fraction of sp³-hybridized carbons (Fsp3) is 0.167. The van der Waals surface area contributed by atoms with E-state index in [0.717, 1.165) is 13.0 Å². The normalized spacial score (nSPS) is 14.3. The van der Waals surface area contributed by atoms with Crippen LogP contribution in [0.3, 0.4) is 0 Å². The first-order valence-corrected chi connectivity index (χ1v) is 11.8. The topological polar surface area (TPSA) is 13.7 Å². The molecule has 2 aromatic carbocycles. The first-order valence-electron chi connectivity index (χ1n) is 11.8. The van der Waals surface area contributed by atoms with Crippen molar-refractivity contribution in [2.45, 2.75) is 32.7 Å². The van der Waals surface area contributed by atoms with Gasteiger partial charge in [0, 0.05) is 16.8 Å². The van der Waals surface area contributed by atoms with Crippen molar-refractivity contribution >= 4 is 5.70 Å². The molecule has 0 spiro atoms. The highest BCUT2D eigenvalue weighted by molar-refractivity contribution is 5.77. The third-order valence-electron chi connectivity index (χ3n) is 6.64. The van der Waals surface area contributed by atoms with Crippen LogP contribution in [0.1, 0.15) is 37.3 Å². The average Bonchev–Trinajstić information content (AvgIpc) is 3.45. The molecule has 1 aliphatic carbocycles. The van der Waals surface area contributed by atoms with Gasteiger partial charge >= 0.3 is 0 Å². The highest BCUT2D eigenvalue weighted by atomic mass is 15.2. The van der Waals surface area contributed by atoms with Gasteiger partial charge in [0.2, 0.25) is 5.82 Å². The predicted octanol–water partition coefficient (Wildman–Crippen LogP) is 6.74. The molecule has 3 heterocycles. The molecule has 3 heteroatoms. The summed E-state index contributed by atoms with van der Waals surface area (Å²) in [6.07, 6.45) is 16.5. The third-order valence-corrected chi connectivity index (χ3v) is 6.64. The van der Waals surface area contributed by atoms with E-state index in [4.69, 9.17) is 0 Å². The molecule has 0 radical (unpaired) electrons. The Bertz CT molecular complexity index is 1420. The van der Waals surface area contributed by atoms with Gasteiger partial charge in [0.15, 0.2) is 0 Å². The fourth-order valence-corrected chi connectivity index (χ4v) is 5.06. The van der Waals surface area contributed by atoms with E-state index in [1.165, 1.54) is 45.3 Å². The highest BCUT2D eigenvalue weighted by Crippen LogP contribution is 2.38. The molecule has 4 aromatic rings. The van der Waals surface area contributed by atoms with Crippen LogP contribution in [0.15, 0.2) is 103 Å². The number of hydrogen-bond donors (Lipinski definition) is 0. The van der Waals surface area contributed by atoms with E-state index in [1.54, 1.807) is 0 Å². The number of hydrogen-bond acceptors (Lipinski definition) is 0. The largest absolute Gasteiger partial charge is 0.296 e. The van der Waals surface area contributed by atoms with Gasteiger partial charge < -0.3 is 0 Å². The van der Waals surface area contributed by atoms with Gasteiger partial charge in [-0.25, -0.2) is 4.57 Å². The summed E-state index contributed by atoms with van der Waals surface area (Å²) in [5, 5.41) is 0. The fourth-order valence-electron chi connectivity index (χ4n) is 5.06. The number of allylic oxidation sites excluding steroid dienone is 6. The first kappa shape index (κ1) is 19.8. The van der Waals surface area contributed by atoms with E-state index in [-0.39, 0.29) is 0 Å². The standard InChI is InChI=1S/C30H28N3/c1-22(2)27-20-28(23-12-6-5-7-13-23)33(25-15-8-3-4-9-16-25)30(27)32-19-18-31-21-24-14-10-11-17-26(24)29(31)32/h3,5-20,22H,4,21H2,1-2H3/q+1. The Hall–Kier alpha value is -3.85. The zero-order valence-electron chi connectivity index (χ0n) is 19.1. The lowest BCUT2D eigenvalue weighted by Gasteiger charge is -2.15. The van der Waals surface area contributed by atoms with Crippen molar-refractivity contribution in [2.24, 2.45) is 0 Å². The molecule has 2 aromatic heterocycles. The van der Waals surface area contributed by atoms with E-state index < -0.39 is 0 Å².